The van der Waals surface area contributed by atoms with Crippen LogP contribution < -0.4 is 0 Å². The third-order valence-corrected chi connectivity index (χ3v) is 3.26. The van der Waals surface area contributed by atoms with Crippen LogP contribution in [-0.2, 0) is 4.74 Å². The lowest BCUT2D eigenvalue weighted by atomic mass is 10.1. The van der Waals surface area contributed by atoms with Crippen LogP contribution >= 0.6 is 15.9 Å². The molecule has 4 nitrogen and oxygen atoms in total. The Bertz CT molecular complexity index is 642. The van der Waals surface area contributed by atoms with Crippen LogP contribution in [-0.4, -0.2) is 23.0 Å². The molecule has 0 amide bonds. The Morgan fingerprint density at radius 2 is 2.05 bits per heavy atom. The number of aromatic nitrogens is 2. The zero-order valence-corrected chi connectivity index (χ0v) is 13.1. The van der Waals surface area contributed by atoms with Crippen molar-refractivity contribution in [2.75, 3.05) is 7.11 Å². The molecule has 0 aliphatic carbocycles. The molecule has 104 valence electrons. The van der Waals surface area contributed by atoms with E-state index in [1.54, 1.807) is 18.3 Å². The predicted molar refractivity (Wildman–Crippen MR) is 80.6 cm³/mol. The molecule has 0 radical (unpaired) electrons. The van der Waals surface area contributed by atoms with Crippen molar-refractivity contribution in [3.8, 4) is 11.3 Å². The highest BCUT2D eigenvalue weighted by Crippen LogP contribution is 2.25. The smallest absolute Gasteiger partial charge is 0.337 e. The molecule has 0 saturated heterocycles. The Hall–Kier alpha value is -1.75. The van der Waals surface area contributed by atoms with Gasteiger partial charge in [-0.1, -0.05) is 29.8 Å². The molecule has 0 atom stereocenters. The van der Waals surface area contributed by atoms with E-state index in [1.165, 1.54) is 7.11 Å². The Morgan fingerprint density at radius 3 is 2.70 bits per heavy atom. The average Bonchev–Trinajstić information content (AvgIpc) is 2.45. The minimum Gasteiger partial charge on any atom is -0.465 e. The summed E-state index contributed by atoms with van der Waals surface area (Å²) in [6.45, 7) is 4.08. The molecule has 0 fully saturated rings. The number of carbonyl (C=O) groups excluding carboxylic acids is 1. The average molecular weight is 335 g/mol. The number of benzene rings is 1. The van der Waals surface area contributed by atoms with E-state index < -0.39 is 0 Å². The van der Waals surface area contributed by atoms with Crippen LogP contribution in [0, 0.1) is 0 Å². The van der Waals surface area contributed by atoms with Crippen molar-refractivity contribution in [3.63, 3.8) is 0 Å². The fourth-order valence-corrected chi connectivity index (χ4v) is 2.28. The molecule has 0 spiro atoms. The van der Waals surface area contributed by atoms with Gasteiger partial charge in [-0.15, -0.1) is 0 Å². The third-order valence-electron chi connectivity index (χ3n) is 2.81. The van der Waals surface area contributed by atoms with Gasteiger partial charge in [-0.3, -0.25) is 0 Å². The standard InChI is InChI=1S/C15H15BrN2O2/c1-9(2)14-17-5-4-13(18-14)10-6-11(15(19)20-3)8-12(16)7-10/h4-9H,1-3H3. The fourth-order valence-electron chi connectivity index (χ4n) is 1.79. The van der Waals surface area contributed by atoms with Crippen molar-refractivity contribution in [2.24, 2.45) is 0 Å². The van der Waals surface area contributed by atoms with E-state index in [-0.39, 0.29) is 11.9 Å². The van der Waals surface area contributed by atoms with Crippen molar-refractivity contribution in [1.29, 1.82) is 0 Å². The van der Waals surface area contributed by atoms with E-state index in [0.29, 0.717) is 5.56 Å². The molecule has 1 heterocycles. The van der Waals surface area contributed by atoms with Crippen molar-refractivity contribution >= 4 is 21.9 Å². The Labute approximate surface area is 126 Å². The Morgan fingerprint density at radius 1 is 1.30 bits per heavy atom. The number of carbonyl (C=O) groups is 1. The summed E-state index contributed by atoms with van der Waals surface area (Å²) in [5.41, 5.74) is 2.13. The van der Waals surface area contributed by atoms with E-state index in [0.717, 1.165) is 21.6 Å². The lowest BCUT2D eigenvalue weighted by molar-refractivity contribution is 0.0600. The van der Waals surface area contributed by atoms with Crippen LogP contribution in [0.15, 0.2) is 34.9 Å². The van der Waals surface area contributed by atoms with E-state index in [4.69, 9.17) is 4.74 Å². The molecular formula is C15H15BrN2O2. The van der Waals surface area contributed by atoms with Crippen molar-refractivity contribution in [3.05, 3.63) is 46.3 Å². The molecule has 0 N–H and O–H groups in total. The topological polar surface area (TPSA) is 52.1 Å². The van der Waals surface area contributed by atoms with Crippen LogP contribution in [0.3, 0.4) is 0 Å². The van der Waals surface area contributed by atoms with Gasteiger partial charge in [-0.25, -0.2) is 14.8 Å². The first-order valence-corrected chi connectivity index (χ1v) is 7.02. The zero-order chi connectivity index (χ0) is 14.7. The summed E-state index contributed by atoms with van der Waals surface area (Å²) in [5, 5.41) is 0. The summed E-state index contributed by atoms with van der Waals surface area (Å²) in [4.78, 5) is 20.4. The molecule has 0 bridgehead atoms. The van der Waals surface area contributed by atoms with Crippen molar-refractivity contribution in [1.82, 2.24) is 9.97 Å². The molecule has 0 aliphatic rings. The second-order valence-corrected chi connectivity index (χ2v) is 5.59. The van der Waals surface area contributed by atoms with Gasteiger partial charge in [-0.2, -0.15) is 0 Å². The maximum atomic E-state index is 11.6. The third kappa shape index (κ3) is 3.22. The zero-order valence-electron chi connectivity index (χ0n) is 11.6. The summed E-state index contributed by atoms with van der Waals surface area (Å²) in [7, 11) is 1.37. The summed E-state index contributed by atoms with van der Waals surface area (Å²) in [5.74, 6) is 0.662. The highest BCUT2D eigenvalue weighted by atomic mass is 79.9. The van der Waals surface area contributed by atoms with Gasteiger partial charge in [0.25, 0.3) is 0 Å². The van der Waals surface area contributed by atoms with Crippen LogP contribution in [0.2, 0.25) is 0 Å². The molecule has 5 heteroatoms. The van der Waals surface area contributed by atoms with Gasteiger partial charge in [0.1, 0.15) is 5.82 Å². The number of hydrogen-bond donors (Lipinski definition) is 0. The molecule has 0 aliphatic heterocycles. The Balaban J connectivity index is 2.49. The molecule has 2 rings (SSSR count). The normalized spacial score (nSPS) is 10.7. The molecule has 20 heavy (non-hydrogen) atoms. The number of nitrogens with zero attached hydrogens (tertiary/aromatic N) is 2. The molecule has 0 saturated carbocycles. The van der Waals surface area contributed by atoms with Gasteiger partial charge >= 0.3 is 5.97 Å². The Kier molecular flexibility index (Phi) is 4.49. The predicted octanol–water partition coefficient (Wildman–Crippen LogP) is 3.82. The van der Waals surface area contributed by atoms with Crippen molar-refractivity contribution in [2.45, 2.75) is 19.8 Å². The van der Waals surface area contributed by atoms with Crippen LogP contribution in [0.25, 0.3) is 11.3 Å². The molecule has 1 aromatic carbocycles. The number of ether oxygens (including phenoxy) is 1. The molecule has 1 aromatic heterocycles. The summed E-state index contributed by atoms with van der Waals surface area (Å²) in [6, 6.07) is 7.23. The first-order valence-electron chi connectivity index (χ1n) is 6.23. The number of esters is 1. The van der Waals surface area contributed by atoms with Crippen LogP contribution in [0.4, 0.5) is 0 Å². The highest BCUT2D eigenvalue weighted by molar-refractivity contribution is 9.10. The minimum atomic E-state index is -0.370. The number of halogens is 1. The van der Waals surface area contributed by atoms with Gasteiger partial charge < -0.3 is 4.74 Å². The first-order chi connectivity index (χ1) is 9.51. The first kappa shape index (κ1) is 14.7. The van der Waals surface area contributed by atoms with Gasteiger partial charge in [0, 0.05) is 22.2 Å². The second-order valence-electron chi connectivity index (χ2n) is 4.67. The van der Waals surface area contributed by atoms with Gasteiger partial charge in [0.15, 0.2) is 0 Å². The van der Waals surface area contributed by atoms with Gasteiger partial charge in [0.05, 0.1) is 18.4 Å². The number of hydrogen-bond acceptors (Lipinski definition) is 4. The summed E-state index contributed by atoms with van der Waals surface area (Å²) < 4.78 is 5.56. The van der Waals surface area contributed by atoms with Crippen molar-refractivity contribution < 1.29 is 9.53 Å². The fraction of sp³-hybridized carbons (Fsp3) is 0.267. The second kappa shape index (κ2) is 6.13. The van der Waals surface area contributed by atoms with E-state index in [1.807, 2.05) is 26.0 Å². The van der Waals surface area contributed by atoms with Gasteiger partial charge in [-0.05, 0) is 24.3 Å². The monoisotopic (exact) mass is 334 g/mol. The molecular weight excluding hydrogens is 320 g/mol. The lowest BCUT2D eigenvalue weighted by Gasteiger charge is -2.08. The maximum absolute atomic E-state index is 11.6. The SMILES string of the molecule is COC(=O)c1cc(Br)cc(-c2ccnc(C(C)C)n2)c1. The van der Waals surface area contributed by atoms with Gasteiger partial charge in [0.2, 0.25) is 0 Å². The lowest BCUT2D eigenvalue weighted by Crippen LogP contribution is -2.02. The quantitative estimate of drug-likeness (QED) is 0.800. The summed E-state index contributed by atoms with van der Waals surface area (Å²) >= 11 is 3.40. The van der Waals surface area contributed by atoms with Crippen LogP contribution in [0.5, 0.6) is 0 Å². The van der Waals surface area contributed by atoms with E-state index in [9.17, 15) is 4.79 Å². The highest BCUT2D eigenvalue weighted by Gasteiger charge is 2.11. The minimum absolute atomic E-state index is 0.252. The maximum Gasteiger partial charge on any atom is 0.337 e. The van der Waals surface area contributed by atoms with E-state index >= 15 is 0 Å². The molecule has 0 unspecified atom stereocenters. The number of methoxy groups -OCH3 is 1. The largest absolute Gasteiger partial charge is 0.465 e. The molecule has 2 aromatic rings. The van der Waals surface area contributed by atoms with E-state index in [2.05, 4.69) is 25.9 Å². The summed E-state index contributed by atoms with van der Waals surface area (Å²) in [6.07, 6.45) is 1.73. The number of rotatable bonds is 3. The van der Waals surface area contributed by atoms with Crippen LogP contribution in [0.1, 0.15) is 35.9 Å².